The number of piperidine rings is 1. The molecule has 0 unspecified atom stereocenters. The molecule has 2 aromatic heterocycles. The van der Waals surface area contributed by atoms with E-state index < -0.39 is 0 Å². The molecule has 3 rings (SSSR count). The van der Waals surface area contributed by atoms with E-state index in [4.69, 9.17) is 0 Å². The maximum Gasteiger partial charge on any atom is 0.233 e. The number of aldehydes is 1. The standard InChI is InChI=1S/C13H16N4O/c18-10-11-2-6-16(7-3-11)8-12-9-17-5-1-4-14-13(17)15-12/h1,4-5,9-11H,2-3,6-8H2. The lowest BCUT2D eigenvalue weighted by Crippen LogP contribution is -2.33. The van der Waals surface area contributed by atoms with Gasteiger partial charge in [-0.1, -0.05) is 0 Å². The first-order valence-electron chi connectivity index (χ1n) is 6.31. The molecule has 0 aromatic carbocycles. The van der Waals surface area contributed by atoms with Crippen LogP contribution >= 0.6 is 0 Å². The number of hydrogen-bond donors (Lipinski definition) is 0. The lowest BCUT2D eigenvalue weighted by molar-refractivity contribution is -0.112. The van der Waals surface area contributed by atoms with Crippen molar-refractivity contribution in [2.24, 2.45) is 5.92 Å². The van der Waals surface area contributed by atoms with E-state index in [1.165, 1.54) is 0 Å². The lowest BCUT2D eigenvalue weighted by Gasteiger charge is -2.28. The number of fused-ring (bicyclic) bond motifs is 1. The molecule has 5 heteroatoms. The summed E-state index contributed by atoms with van der Waals surface area (Å²) >= 11 is 0. The van der Waals surface area contributed by atoms with Gasteiger partial charge in [-0.15, -0.1) is 0 Å². The molecule has 0 N–H and O–H groups in total. The summed E-state index contributed by atoms with van der Waals surface area (Å²) in [4.78, 5) is 21.7. The van der Waals surface area contributed by atoms with Crippen LogP contribution in [0, 0.1) is 5.92 Å². The van der Waals surface area contributed by atoms with E-state index in [1.807, 2.05) is 22.9 Å². The van der Waals surface area contributed by atoms with Gasteiger partial charge in [0.25, 0.3) is 0 Å². The molecule has 1 fully saturated rings. The van der Waals surface area contributed by atoms with Crippen LogP contribution in [0.25, 0.3) is 5.78 Å². The molecule has 0 atom stereocenters. The molecule has 94 valence electrons. The zero-order chi connectivity index (χ0) is 12.4. The van der Waals surface area contributed by atoms with Gasteiger partial charge in [-0.3, -0.25) is 9.30 Å². The van der Waals surface area contributed by atoms with Gasteiger partial charge in [0.1, 0.15) is 6.29 Å². The molecule has 1 saturated heterocycles. The van der Waals surface area contributed by atoms with Crippen molar-refractivity contribution in [3.8, 4) is 0 Å². The first-order chi connectivity index (χ1) is 8.85. The predicted octanol–water partition coefficient (Wildman–Crippen LogP) is 1.14. The molecular formula is C13H16N4O. The number of imidazole rings is 1. The average Bonchev–Trinajstić information content (AvgIpc) is 2.82. The highest BCUT2D eigenvalue weighted by molar-refractivity contribution is 5.53. The second-order valence-electron chi connectivity index (χ2n) is 4.81. The third kappa shape index (κ3) is 2.26. The monoisotopic (exact) mass is 244 g/mol. The highest BCUT2D eigenvalue weighted by Crippen LogP contribution is 2.16. The van der Waals surface area contributed by atoms with Gasteiger partial charge in [0.15, 0.2) is 0 Å². The van der Waals surface area contributed by atoms with E-state index in [9.17, 15) is 4.79 Å². The third-order valence-electron chi connectivity index (χ3n) is 3.50. The Morgan fingerprint density at radius 3 is 2.94 bits per heavy atom. The van der Waals surface area contributed by atoms with Crippen LogP contribution in [0.1, 0.15) is 18.5 Å². The largest absolute Gasteiger partial charge is 0.303 e. The van der Waals surface area contributed by atoms with Crippen molar-refractivity contribution in [3.63, 3.8) is 0 Å². The number of aromatic nitrogens is 3. The third-order valence-corrected chi connectivity index (χ3v) is 3.50. The summed E-state index contributed by atoms with van der Waals surface area (Å²) in [6, 6.07) is 1.90. The van der Waals surface area contributed by atoms with Crippen LogP contribution in [0.2, 0.25) is 0 Å². The molecule has 5 nitrogen and oxygen atoms in total. The highest BCUT2D eigenvalue weighted by Gasteiger charge is 2.19. The number of nitrogens with zero attached hydrogens (tertiary/aromatic N) is 4. The zero-order valence-electron chi connectivity index (χ0n) is 10.2. The van der Waals surface area contributed by atoms with Crippen molar-refractivity contribution >= 4 is 12.1 Å². The molecule has 0 saturated carbocycles. The molecule has 18 heavy (non-hydrogen) atoms. The van der Waals surface area contributed by atoms with Crippen LogP contribution in [0.4, 0.5) is 0 Å². The number of rotatable bonds is 3. The second-order valence-corrected chi connectivity index (χ2v) is 4.81. The van der Waals surface area contributed by atoms with E-state index in [0.29, 0.717) is 0 Å². The summed E-state index contributed by atoms with van der Waals surface area (Å²) in [5, 5.41) is 0. The Hall–Kier alpha value is -1.75. The van der Waals surface area contributed by atoms with Gasteiger partial charge >= 0.3 is 0 Å². The normalized spacial score (nSPS) is 18.2. The van der Waals surface area contributed by atoms with E-state index in [1.54, 1.807) is 6.20 Å². The van der Waals surface area contributed by atoms with Gasteiger partial charge in [-0.2, -0.15) is 0 Å². The first kappa shape index (κ1) is 11.3. The fourth-order valence-electron chi connectivity index (χ4n) is 2.43. The minimum absolute atomic E-state index is 0.254. The molecule has 0 bridgehead atoms. The molecule has 0 radical (unpaired) electrons. The van der Waals surface area contributed by atoms with Crippen LogP contribution in [-0.2, 0) is 11.3 Å². The van der Waals surface area contributed by atoms with E-state index >= 15 is 0 Å². The summed E-state index contributed by atoms with van der Waals surface area (Å²) in [6.45, 7) is 2.80. The predicted molar refractivity (Wildman–Crippen MR) is 67.1 cm³/mol. The fraction of sp³-hybridized carbons (Fsp3) is 0.462. The second kappa shape index (κ2) is 4.86. The molecule has 1 aliphatic rings. The van der Waals surface area contributed by atoms with Gasteiger partial charge in [-0.25, -0.2) is 9.97 Å². The van der Waals surface area contributed by atoms with E-state index in [2.05, 4.69) is 14.9 Å². The Labute approximate surface area is 105 Å². The van der Waals surface area contributed by atoms with Crippen molar-refractivity contribution in [1.82, 2.24) is 19.3 Å². The molecule has 0 spiro atoms. The summed E-state index contributed by atoms with van der Waals surface area (Å²) in [5.41, 5.74) is 1.04. The molecule has 1 aliphatic heterocycles. The SMILES string of the molecule is O=CC1CCN(Cc2cn3cccnc3n2)CC1. The Bertz CT molecular complexity index is 510. The number of hydrogen-bond acceptors (Lipinski definition) is 4. The van der Waals surface area contributed by atoms with Crippen molar-refractivity contribution in [2.45, 2.75) is 19.4 Å². The molecular weight excluding hydrogens is 228 g/mol. The van der Waals surface area contributed by atoms with Gasteiger partial charge in [0, 0.05) is 31.1 Å². The highest BCUT2D eigenvalue weighted by atomic mass is 16.1. The van der Waals surface area contributed by atoms with Crippen molar-refractivity contribution in [1.29, 1.82) is 0 Å². The average molecular weight is 244 g/mol. The number of carbonyl (C=O) groups excluding carboxylic acids is 1. The summed E-state index contributed by atoms with van der Waals surface area (Å²) in [5.74, 6) is 0.999. The van der Waals surface area contributed by atoms with Crippen LogP contribution < -0.4 is 0 Å². The van der Waals surface area contributed by atoms with Crippen molar-refractivity contribution in [2.75, 3.05) is 13.1 Å². The maximum atomic E-state index is 10.7. The fourth-order valence-corrected chi connectivity index (χ4v) is 2.43. The molecule has 3 heterocycles. The summed E-state index contributed by atoms with van der Waals surface area (Å²) < 4.78 is 1.94. The van der Waals surface area contributed by atoms with E-state index in [0.717, 1.165) is 50.2 Å². The van der Waals surface area contributed by atoms with Crippen molar-refractivity contribution < 1.29 is 4.79 Å². The molecule has 0 aliphatic carbocycles. The molecule has 0 amide bonds. The van der Waals surface area contributed by atoms with Crippen LogP contribution in [0.15, 0.2) is 24.7 Å². The minimum atomic E-state index is 0.254. The first-order valence-corrected chi connectivity index (χ1v) is 6.31. The Kier molecular flexibility index (Phi) is 3.06. The van der Waals surface area contributed by atoms with Crippen LogP contribution in [-0.4, -0.2) is 38.6 Å². The minimum Gasteiger partial charge on any atom is -0.303 e. The van der Waals surface area contributed by atoms with Crippen LogP contribution in [0.5, 0.6) is 0 Å². The summed E-state index contributed by atoms with van der Waals surface area (Å²) in [7, 11) is 0. The Balaban J connectivity index is 1.67. The van der Waals surface area contributed by atoms with E-state index in [-0.39, 0.29) is 5.92 Å². The van der Waals surface area contributed by atoms with Gasteiger partial charge in [-0.05, 0) is 32.0 Å². The lowest BCUT2D eigenvalue weighted by atomic mass is 9.99. The Morgan fingerprint density at radius 1 is 1.39 bits per heavy atom. The smallest absolute Gasteiger partial charge is 0.233 e. The topological polar surface area (TPSA) is 50.5 Å². The Morgan fingerprint density at radius 2 is 2.22 bits per heavy atom. The van der Waals surface area contributed by atoms with Crippen molar-refractivity contribution in [3.05, 3.63) is 30.4 Å². The quantitative estimate of drug-likeness (QED) is 0.760. The number of likely N-dealkylation sites (tertiary alicyclic amines) is 1. The van der Waals surface area contributed by atoms with Gasteiger partial charge < -0.3 is 4.79 Å². The molecule has 2 aromatic rings. The van der Waals surface area contributed by atoms with Gasteiger partial charge in [0.2, 0.25) is 5.78 Å². The van der Waals surface area contributed by atoms with Crippen LogP contribution in [0.3, 0.4) is 0 Å². The zero-order valence-corrected chi connectivity index (χ0v) is 10.2. The summed E-state index contributed by atoms with van der Waals surface area (Å²) in [6.07, 6.45) is 8.75. The van der Waals surface area contributed by atoms with Gasteiger partial charge in [0.05, 0.1) is 5.69 Å². The number of carbonyl (C=O) groups is 1. The maximum absolute atomic E-state index is 10.7.